The molecule has 0 N–H and O–H groups in total. The highest BCUT2D eigenvalue weighted by molar-refractivity contribution is 5.91. The average Bonchev–Trinajstić information content (AvgIpc) is 3.34. The number of hydrogen-bond acceptors (Lipinski definition) is 3. The van der Waals surface area contributed by atoms with Gasteiger partial charge < -0.3 is 0 Å². The van der Waals surface area contributed by atoms with Crippen molar-refractivity contribution in [1.29, 1.82) is 5.26 Å². The van der Waals surface area contributed by atoms with Gasteiger partial charge in [-0.2, -0.15) is 10.4 Å². The summed E-state index contributed by atoms with van der Waals surface area (Å²) in [7, 11) is 0. The molecule has 0 aliphatic carbocycles. The second-order valence-electron chi connectivity index (χ2n) is 8.76. The Balaban J connectivity index is 1.80. The molecule has 37 heavy (non-hydrogen) atoms. The number of benzene rings is 4. The maximum atomic E-state index is 14.3. The first-order valence-corrected chi connectivity index (χ1v) is 11.9. The van der Waals surface area contributed by atoms with Crippen molar-refractivity contribution in [3.8, 4) is 17.3 Å². The summed E-state index contributed by atoms with van der Waals surface area (Å²) in [5.41, 5.74) is 4.80. The van der Waals surface area contributed by atoms with E-state index in [1.54, 1.807) is 12.1 Å². The third-order valence-corrected chi connectivity index (χ3v) is 6.63. The smallest absolute Gasteiger partial charge is 0.141 e. The molecule has 2 aromatic heterocycles. The van der Waals surface area contributed by atoms with Gasteiger partial charge in [0.25, 0.3) is 0 Å². The molecule has 0 aliphatic rings. The lowest BCUT2D eigenvalue weighted by Crippen LogP contribution is -2.38. The van der Waals surface area contributed by atoms with Gasteiger partial charge in [-0.15, -0.1) is 0 Å². The van der Waals surface area contributed by atoms with Gasteiger partial charge in [0.1, 0.15) is 34.3 Å². The van der Waals surface area contributed by atoms with E-state index in [1.807, 2.05) is 71.4 Å². The fourth-order valence-electron chi connectivity index (χ4n) is 5.05. The zero-order chi connectivity index (χ0) is 25.2. The van der Waals surface area contributed by atoms with E-state index in [-0.39, 0.29) is 11.5 Å². The Morgan fingerprint density at radius 3 is 1.76 bits per heavy atom. The van der Waals surface area contributed by atoms with Crippen LogP contribution in [0.5, 0.6) is 0 Å². The number of fused-ring (bicyclic) bond motifs is 1. The van der Waals surface area contributed by atoms with E-state index in [2.05, 4.69) is 47.5 Å². The van der Waals surface area contributed by atoms with Crippen molar-refractivity contribution < 1.29 is 4.39 Å². The lowest BCUT2D eigenvalue weighted by Gasteiger charge is -2.37. The molecule has 0 aliphatic heterocycles. The highest BCUT2D eigenvalue weighted by atomic mass is 19.1. The van der Waals surface area contributed by atoms with Gasteiger partial charge in [-0.05, 0) is 41.0 Å². The van der Waals surface area contributed by atoms with Gasteiger partial charge >= 0.3 is 0 Å². The van der Waals surface area contributed by atoms with Crippen LogP contribution in [0.2, 0.25) is 0 Å². The first-order valence-electron chi connectivity index (χ1n) is 11.9. The molecule has 4 nitrogen and oxygen atoms in total. The minimum absolute atomic E-state index is 0.273. The summed E-state index contributed by atoms with van der Waals surface area (Å²) in [6, 6.07) is 42.6. The van der Waals surface area contributed by atoms with E-state index in [0.29, 0.717) is 16.8 Å². The average molecular weight is 481 g/mol. The maximum absolute atomic E-state index is 14.3. The second kappa shape index (κ2) is 9.18. The summed E-state index contributed by atoms with van der Waals surface area (Å²) in [4.78, 5) is 4.65. The Labute approximate surface area is 213 Å². The van der Waals surface area contributed by atoms with Crippen molar-refractivity contribution in [3.05, 3.63) is 156 Å². The number of hydrogen-bond donors (Lipinski definition) is 0. The normalized spacial score (nSPS) is 11.4. The molecular formula is C32H21FN4. The first-order chi connectivity index (χ1) is 18.2. The van der Waals surface area contributed by atoms with E-state index in [9.17, 15) is 9.65 Å². The van der Waals surface area contributed by atoms with E-state index >= 15 is 0 Å². The zero-order valence-corrected chi connectivity index (χ0v) is 19.8. The molecule has 0 spiro atoms. The topological polar surface area (TPSA) is 54.5 Å². The monoisotopic (exact) mass is 480 g/mol. The molecule has 6 rings (SSSR count). The van der Waals surface area contributed by atoms with Crippen LogP contribution in [0.25, 0.3) is 22.3 Å². The lowest BCUT2D eigenvalue weighted by molar-refractivity contribution is 0.477. The van der Waals surface area contributed by atoms with Crippen LogP contribution in [0.4, 0.5) is 4.39 Å². The van der Waals surface area contributed by atoms with Gasteiger partial charge in [0, 0.05) is 5.56 Å². The van der Waals surface area contributed by atoms with Crippen molar-refractivity contribution in [2.45, 2.75) is 5.54 Å². The van der Waals surface area contributed by atoms with Gasteiger partial charge in [-0.3, -0.25) is 0 Å². The van der Waals surface area contributed by atoms with Crippen molar-refractivity contribution in [2.75, 3.05) is 0 Å². The Bertz CT molecular complexity index is 1640. The van der Waals surface area contributed by atoms with Gasteiger partial charge in [0.05, 0.1) is 5.52 Å². The molecule has 0 bridgehead atoms. The molecule has 6 aromatic rings. The van der Waals surface area contributed by atoms with Crippen LogP contribution < -0.4 is 0 Å². The Morgan fingerprint density at radius 2 is 1.24 bits per heavy atom. The van der Waals surface area contributed by atoms with Crippen LogP contribution in [0, 0.1) is 17.1 Å². The summed E-state index contributed by atoms with van der Waals surface area (Å²) in [6.07, 6.45) is 0. The van der Waals surface area contributed by atoms with E-state index in [0.717, 1.165) is 22.2 Å². The van der Waals surface area contributed by atoms with Gasteiger partial charge in [0.15, 0.2) is 0 Å². The fraction of sp³-hybridized carbons (Fsp3) is 0.0312. The Morgan fingerprint density at radius 1 is 0.676 bits per heavy atom. The number of halogens is 1. The molecule has 176 valence electrons. The molecule has 2 heterocycles. The molecule has 0 unspecified atom stereocenters. The summed E-state index contributed by atoms with van der Waals surface area (Å²) in [5.74, 6) is -0.364. The lowest BCUT2D eigenvalue weighted by atomic mass is 9.77. The first kappa shape index (κ1) is 22.4. The third kappa shape index (κ3) is 3.67. The summed E-state index contributed by atoms with van der Waals surface area (Å²) < 4.78 is 16.3. The third-order valence-electron chi connectivity index (χ3n) is 6.63. The predicted octanol–water partition coefficient (Wildman–Crippen LogP) is 6.95. The van der Waals surface area contributed by atoms with Crippen LogP contribution in [-0.4, -0.2) is 14.8 Å². The SMILES string of the molecule is N#Cc1ccc2c(n1)c(-c1cccc(F)c1)nn2C(c1ccccc1)(c1ccccc1)c1ccccc1. The van der Waals surface area contributed by atoms with Gasteiger partial charge in [-0.1, -0.05) is 103 Å². The largest absolute Gasteiger partial charge is 0.243 e. The number of pyridine rings is 1. The van der Waals surface area contributed by atoms with Crippen LogP contribution in [0.15, 0.2) is 127 Å². The van der Waals surface area contributed by atoms with Crippen molar-refractivity contribution in [1.82, 2.24) is 14.8 Å². The van der Waals surface area contributed by atoms with Crippen LogP contribution in [0.3, 0.4) is 0 Å². The molecule has 0 amide bonds. The van der Waals surface area contributed by atoms with Crippen LogP contribution in [-0.2, 0) is 5.54 Å². The number of nitriles is 1. The molecule has 4 aromatic carbocycles. The molecule has 0 saturated carbocycles. The quantitative estimate of drug-likeness (QED) is 0.251. The van der Waals surface area contributed by atoms with Crippen molar-refractivity contribution in [2.24, 2.45) is 0 Å². The van der Waals surface area contributed by atoms with Gasteiger partial charge in [-0.25, -0.2) is 14.1 Å². The minimum Gasteiger partial charge on any atom is -0.243 e. The summed E-state index contributed by atoms with van der Waals surface area (Å²) in [6.45, 7) is 0. The van der Waals surface area contributed by atoms with Crippen LogP contribution in [0.1, 0.15) is 22.4 Å². The summed E-state index contributed by atoms with van der Waals surface area (Å²) in [5, 5.41) is 14.8. The minimum atomic E-state index is -0.872. The van der Waals surface area contributed by atoms with E-state index in [1.165, 1.54) is 12.1 Å². The zero-order valence-electron chi connectivity index (χ0n) is 19.8. The van der Waals surface area contributed by atoms with Crippen molar-refractivity contribution in [3.63, 3.8) is 0 Å². The number of rotatable bonds is 5. The highest BCUT2D eigenvalue weighted by Gasteiger charge is 2.41. The standard InChI is InChI=1S/C32H21FN4/c33-27-18-10-11-23(21-27)30-31-29(20-19-28(22-34)35-31)37(36-30)32(24-12-4-1-5-13-24,25-14-6-2-7-15-25)26-16-8-3-9-17-26/h1-21H. The number of nitrogens with zero attached hydrogens (tertiary/aromatic N) is 4. The molecule has 0 fully saturated rings. The fourth-order valence-corrected chi connectivity index (χ4v) is 5.05. The predicted molar refractivity (Wildman–Crippen MR) is 142 cm³/mol. The van der Waals surface area contributed by atoms with Crippen molar-refractivity contribution >= 4 is 11.0 Å². The number of aromatic nitrogens is 3. The molecule has 0 radical (unpaired) electrons. The van der Waals surface area contributed by atoms with Gasteiger partial charge in [0.2, 0.25) is 0 Å². The summed E-state index contributed by atoms with van der Waals surface area (Å²) >= 11 is 0. The molecule has 0 saturated heterocycles. The van der Waals surface area contributed by atoms with Crippen LogP contribution >= 0.6 is 0 Å². The van der Waals surface area contributed by atoms with E-state index < -0.39 is 5.54 Å². The molecule has 5 heteroatoms. The molecule has 0 atom stereocenters. The molecular weight excluding hydrogens is 459 g/mol. The highest BCUT2D eigenvalue weighted by Crippen LogP contribution is 2.43. The second-order valence-corrected chi connectivity index (χ2v) is 8.76. The maximum Gasteiger partial charge on any atom is 0.141 e. The Kier molecular flexibility index (Phi) is 5.55. The Hall–Kier alpha value is -5.08. The van der Waals surface area contributed by atoms with E-state index in [4.69, 9.17) is 5.10 Å².